The van der Waals surface area contributed by atoms with Crippen LogP contribution in [0.25, 0.3) is 0 Å². The Kier molecular flexibility index (Phi) is 3.67. The van der Waals surface area contributed by atoms with Crippen molar-refractivity contribution in [1.82, 2.24) is 9.71 Å². The van der Waals surface area contributed by atoms with Crippen LogP contribution in [-0.2, 0) is 10.0 Å². The number of rotatable bonds is 5. The van der Waals surface area contributed by atoms with Gasteiger partial charge < -0.3 is 5.11 Å². The molecular formula is C10H13ClN2O3S. The molecule has 17 heavy (non-hydrogen) atoms. The largest absolute Gasteiger partial charge is 0.391 e. The molecule has 1 aromatic heterocycles. The molecule has 0 saturated heterocycles. The first-order valence-electron chi connectivity index (χ1n) is 5.28. The third kappa shape index (κ3) is 3.38. The van der Waals surface area contributed by atoms with Gasteiger partial charge in [-0.3, -0.25) is 0 Å². The lowest BCUT2D eigenvalue weighted by Gasteiger charge is -2.11. The third-order valence-corrected chi connectivity index (χ3v) is 4.28. The Morgan fingerprint density at radius 1 is 1.59 bits per heavy atom. The van der Waals surface area contributed by atoms with E-state index < -0.39 is 16.1 Å². The molecule has 0 amide bonds. The normalized spacial score (nSPS) is 18.0. The smallest absolute Gasteiger partial charge is 0.240 e. The number of aliphatic hydroxyl groups is 1. The Bertz CT molecular complexity index is 502. The molecule has 2 rings (SSSR count). The third-order valence-electron chi connectivity index (χ3n) is 2.66. The van der Waals surface area contributed by atoms with Crippen molar-refractivity contribution in [2.24, 2.45) is 5.92 Å². The summed E-state index contributed by atoms with van der Waals surface area (Å²) < 4.78 is 26.0. The number of pyridine rings is 1. The fraction of sp³-hybridized carbons (Fsp3) is 0.500. The maximum absolute atomic E-state index is 11.8. The zero-order valence-electron chi connectivity index (χ0n) is 9.01. The van der Waals surface area contributed by atoms with Gasteiger partial charge >= 0.3 is 0 Å². The summed E-state index contributed by atoms with van der Waals surface area (Å²) in [6.07, 6.45) is 2.64. The van der Waals surface area contributed by atoms with Crippen molar-refractivity contribution >= 4 is 21.6 Å². The fourth-order valence-corrected chi connectivity index (χ4v) is 2.78. The van der Waals surface area contributed by atoms with Gasteiger partial charge in [0.2, 0.25) is 10.0 Å². The fourth-order valence-electron chi connectivity index (χ4n) is 1.48. The minimum absolute atomic E-state index is 0.0347. The first-order valence-corrected chi connectivity index (χ1v) is 7.14. The first-order chi connectivity index (χ1) is 7.99. The minimum atomic E-state index is -3.62. The second-order valence-electron chi connectivity index (χ2n) is 4.07. The quantitative estimate of drug-likeness (QED) is 0.779. The zero-order chi connectivity index (χ0) is 12.5. The van der Waals surface area contributed by atoms with Crippen LogP contribution in [0.3, 0.4) is 0 Å². The van der Waals surface area contributed by atoms with Crippen molar-refractivity contribution in [1.29, 1.82) is 0 Å². The maximum Gasteiger partial charge on any atom is 0.240 e. The van der Waals surface area contributed by atoms with E-state index >= 15 is 0 Å². The minimum Gasteiger partial charge on any atom is -0.391 e. The van der Waals surface area contributed by atoms with Crippen molar-refractivity contribution in [3.05, 3.63) is 23.5 Å². The van der Waals surface area contributed by atoms with E-state index in [9.17, 15) is 13.5 Å². The van der Waals surface area contributed by atoms with Crippen LogP contribution in [0.15, 0.2) is 23.2 Å². The summed E-state index contributed by atoms with van der Waals surface area (Å²) in [6.45, 7) is 0.0347. The summed E-state index contributed by atoms with van der Waals surface area (Å²) >= 11 is 5.62. The number of nitrogens with one attached hydrogen (secondary N) is 1. The lowest BCUT2D eigenvalue weighted by Crippen LogP contribution is -2.33. The van der Waals surface area contributed by atoms with Gasteiger partial charge in [0.25, 0.3) is 0 Å². The van der Waals surface area contributed by atoms with Crippen molar-refractivity contribution in [2.75, 3.05) is 6.54 Å². The van der Waals surface area contributed by atoms with Gasteiger partial charge in [0.05, 0.1) is 11.0 Å². The highest BCUT2D eigenvalue weighted by atomic mass is 35.5. The molecule has 1 atom stereocenters. The van der Waals surface area contributed by atoms with Gasteiger partial charge in [0, 0.05) is 12.7 Å². The Morgan fingerprint density at radius 2 is 2.29 bits per heavy atom. The van der Waals surface area contributed by atoms with Crippen LogP contribution in [0.5, 0.6) is 0 Å². The monoisotopic (exact) mass is 276 g/mol. The maximum atomic E-state index is 11.8. The van der Waals surface area contributed by atoms with E-state index in [1.54, 1.807) is 0 Å². The van der Waals surface area contributed by atoms with Crippen LogP contribution in [0, 0.1) is 5.92 Å². The van der Waals surface area contributed by atoms with Gasteiger partial charge in [0.1, 0.15) is 5.15 Å². The molecule has 0 spiro atoms. The molecule has 0 aromatic carbocycles. The molecule has 0 bridgehead atoms. The van der Waals surface area contributed by atoms with Crippen LogP contribution in [0.1, 0.15) is 12.8 Å². The summed E-state index contributed by atoms with van der Waals surface area (Å²) in [5, 5.41) is 9.71. The summed E-state index contributed by atoms with van der Waals surface area (Å²) in [7, 11) is -3.62. The average molecular weight is 277 g/mol. The van der Waals surface area contributed by atoms with E-state index in [1.165, 1.54) is 18.3 Å². The Hall–Kier alpha value is -0.690. The molecule has 5 nitrogen and oxygen atoms in total. The lowest BCUT2D eigenvalue weighted by molar-refractivity contribution is 0.155. The summed E-state index contributed by atoms with van der Waals surface area (Å²) in [4.78, 5) is 3.77. The van der Waals surface area contributed by atoms with Crippen LogP contribution in [-0.4, -0.2) is 31.2 Å². The van der Waals surface area contributed by atoms with Gasteiger partial charge in [0.15, 0.2) is 0 Å². The second-order valence-corrected chi connectivity index (χ2v) is 6.23. The molecule has 0 radical (unpaired) electrons. The van der Waals surface area contributed by atoms with Crippen LogP contribution >= 0.6 is 11.6 Å². The standard InChI is InChI=1S/C10H13ClN2O3S/c11-10-5-8(3-4-12-10)17(15,16)13-6-9(14)7-1-2-7/h3-5,7,9,13-14H,1-2,6H2. The van der Waals surface area contributed by atoms with Crippen LogP contribution < -0.4 is 4.72 Å². The van der Waals surface area contributed by atoms with Gasteiger partial charge in [-0.2, -0.15) is 0 Å². The molecule has 2 N–H and O–H groups in total. The molecule has 1 aliphatic carbocycles. The average Bonchev–Trinajstić information content (AvgIpc) is 3.10. The number of halogens is 1. The van der Waals surface area contributed by atoms with Crippen LogP contribution in [0.2, 0.25) is 5.15 Å². The van der Waals surface area contributed by atoms with Gasteiger partial charge in [-0.15, -0.1) is 0 Å². The second kappa shape index (κ2) is 4.89. The number of aromatic nitrogens is 1. The Labute approximate surface area is 105 Å². The highest BCUT2D eigenvalue weighted by Gasteiger charge is 2.30. The van der Waals surface area contributed by atoms with Crippen molar-refractivity contribution in [2.45, 2.75) is 23.8 Å². The summed E-state index contributed by atoms with van der Waals surface area (Å²) in [5.74, 6) is 0.235. The predicted octanol–water partition coefficient (Wildman–Crippen LogP) is 0.784. The molecule has 1 aliphatic rings. The SMILES string of the molecule is O=S(=O)(NCC(O)C1CC1)c1ccnc(Cl)c1. The van der Waals surface area contributed by atoms with E-state index in [4.69, 9.17) is 11.6 Å². The highest BCUT2D eigenvalue weighted by Crippen LogP contribution is 2.32. The number of hydrogen-bond donors (Lipinski definition) is 2. The first kappa shape index (κ1) is 12.8. The van der Waals surface area contributed by atoms with Gasteiger partial charge in [-0.05, 0) is 30.9 Å². The lowest BCUT2D eigenvalue weighted by atomic mass is 10.2. The molecule has 1 aromatic rings. The Balaban J connectivity index is 2.03. The van der Waals surface area contributed by atoms with Crippen LogP contribution in [0.4, 0.5) is 0 Å². The number of nitrogens with zero attached hydrogens (tertiary/aromatic N) is 1. The van der Waals surface area contributed by atoms with E-state index in [0.717, 1.165) is 12.8 Å². The molecule has 1 unspecified atom stereocenters. The van der Waals surface area contributed by atoms with E-state index in [1.807, 2.05) is 0 Å². The molecular weight excluding hydrogens is 264 g/mol. The topological polar surface area (TPSA) is 79.3 Å². The molecule has 1 saturated carbocycles. The number of sulfonamides is 1. The summed E-state index contributed by atoms with van der Waals surface area (Å²) in [5.41, 5.74) is 0. The van der Waals surface area contributed by atoms with Crippen molar-refractivity contribution in [3.63, 3.8) is 0 Å². The van der Waals surface area contributed by atoms with E-state index in [-0.39, 0.29) is 22.5 Å². The van der Waals surface area contributed by atoms with E-state index in [0.29, 0.717) is 0 Å². The number of hydrogen-bond acceptors (Lipinski definition) is 4. The van der Waals surface area contributed by atoms with E-state index in [2.05, 4.69) is 9.71 Å². The predicted molar refractivity (Wildman–Crippen MR) is 63.2 cm³/mol. The van der Waals surface area contributed by atoms with Crippen molar-refractivity contribution in [3.8, 4) is 0 Å². The molecule has 1 heterocycles. The summed E-state index contributed by atoms with van der Waals surface area (Å²) in [6, 6.07) is 2.63. The van der Waals surface area contributed by atoms with Gasteiger partial charge in [-0.1, -0.05) is 11.6 Å². The highest BCUT2D eigenvalue weighted by molar-refractivity contribution is 7.89. The van der Waals surface area contributed by atoms with Crippen molar-refractivity contribution < 1.29 is 13.5 Å². The molecule has 94 valence electrons. The zero-order valence-corrected chi connectivity index (χ0v) is 10.6. The van der Waals surface area contributed by atoms with Gasteiger partial charge in [-0.25, -0.2) is 18.1 Å². The molecule has 1 fully saturated rings. The number of aliphatic hydroxyl groups excluding tert-OH is 1. The molecule has 7 heteroatoms. The molecule has 0 aliphatic heterocycles. The Morgan fingerprint density at radius 3 is 2.88 bits per heavy atom.